The molecule has 0 amide bonds. The highest BCUT2D eigenvalue weighted by Gasteiger charge is 2.10. The highest BCUT2D eigenvalue weighted by molar-refractivity contribution is 9.10. The minimum absolute atomic E-state index is 0.567. The van der Waals surface area contributed by atoms with Crippen molar-refractivity contribution in [3.05, 3.63) is 28.2 Å². The van der Waals surface area contributed by atoms with Gasteiger partial charge in [-0.25, -0.2) is 0 Å². The predicted molar refractivity (Wildman–Crippen MR) is 90.5 cm³/mol. The van der Waals surface area contributed by atoms with E-state index in [-0.39, 0.29) is 0 Å². The topological polar surface area (TPSA) is 24.5 Å². The van der Waals surface area contributed by atoms with Crippen LogP contribution < -0.4 is 10.2 Å². The van der Waals surface area contributed by atoms with E-state index in [0.717, 1.165) is 24.2 Å². The number of anilines is 1. The van der Waals surface area contributed by atoms with Gasteiger partial charge in [0.1, 0.15) is 0 Å². The van der Waals surface area contributed by atoms with Crippen LogP contribution in [0.25, 0.3) is 0 Å². The average Bonchev–Trinajstić information content (AvgIpc) is 2.44. The molecule has 0 radical (unpaired) electrons. The number of halogens is 1. The molecular formula is C16H27BrN2O. The molecule has 0 aliphatic rings. The third-order valence-corrected chi connectivity index (χ3v) is 4.35. The summed E-state index contributed by atoms with van der Waals surface area (Å²) in [5.41, 5.74) is 2.54. The molecule has 1 unspecified atom stereocenters. The number of hydrogen-bond acceptors (Lipinski definition) is 3. The lowest BCUT2D eigenvalue weighted by Crippen LogP contribution is -2.28. The SMILES string of the molecule is CCCC(C)N(C)c1ccc(CNCCOC)c(Br)c1. The summed E-state index contributed by atoms with van der Waals surface area (Å²) in [5.74, 6) is 0. The van der Waals surface area contributed by atoms with Gasteiger partial charge in [0.25, 0.3) is 0 Å². The monoisotopic (exact) mass is 342 g/mol. The minimum Gasteiger partial charge on any atom is -0.383 e. The highest BCUT2D eigenvalue weighted by atomic mass is 79.9. The Labute approximate surface area is 131 Å². The Balaban J connectivity index is 2.62. The van der Waals surface area contributed by atoms with Gasteiger partial charge in [-0.15, -0.1) is 0 Å². The number of hydrogen-bond donors (Lipinski definition) is 1. The molecule has 1 aromatic rings. The van der Waals surface area contributed by atoms with Gasteiger partial charge in [0, 0.05) is 43.4 Å². The second-order valence-electron chi connectivity index (χ2n) is 5.19. The molecule has 1 rings (SSSR count). The van der Waals surface area contributed by atoms with Crippen molar-refractivity contribution in [3.8, 4) is 0 Å². The van der Waals surface area contributed by atoms with Crippen LogP contribution >= 0.6 is 15.9 Å². The molecule has 4 heteroatoms. The molecule has 1 N–H and O–H groups in total. The summed E-state index contributed by atoms with van der Waals surface area (Å²) >= 11 is 3.67. The van der Waals surface area contributed by atoms with Gasteiger partial charge in [-0.3, -0.25) is 0 Å². The minimum atomic E-state index is 0.567. The van der Waals surface area contributed by atoms with Gasteiger partial charge in [0.05, 0.1) is 6.61 Å². The number of ether oxygens (including phenoxy) is 1. The van der Waals surface area contributed by atoms with E-state index in [2.05, 4.69) is 65.2 Å². The maximum Gasteiger partial charge on any atom is 0.0587 e. The van der Waals surface area contributed by atoms with Crippen LogP contribution in [-0.4, -0.2) is 33.4 Å². The Morgan fingerprint density at radius 1 is 1.40 bits per heavy atom. The fourth-order valence-electron chi connectivity index (χ4n) is 2.16. The van der Waals surface area contributed by atoms with Crippen molar-refractivity contribution in [2.24, 2.45) is 0 Å². The standard InChI is InChI=1S/C16H27BrN2O/c1-5-6-13(2)19(3)15-8-7-14(16(17)11-15)12-18-9-10-20-4/h7-8,11,13,18H,5-6,9-10,12H2,1-4H3. The van der Waals surface area contributed by atoms with Gasteiger partial charge in [0.15, 0.2) is 0 Å². The molecule has 0 saturated heterocycles. The smallest absolute Gasteiger partial charge is 0.0587 e. The molecule has 3 nitrogen and oxygen atoms in total. The molecule has 0 fully saturated rings. The molecule has 0 aliphatic heterocycles. The molecule has 20 heavy (non-hydrogen) atoms. The molecule has 0 saturated carbocycles. The van der Waals surface area contributed by atoms with Crippen molar-refractivity contribution in [2.75, 3.05) is 32.2 Å². The highest BCUT2D eigenvalue weighted by Crippen LogP contribution is 2.25. The summed E-state index contributed by atoms with van der Waals surface area (Å²) in [7, 11) is 3.89. The van der Waals surface area contributed by atoms with Crippen LogP contribution in [0.4, 0.5) is 5.69 Å². The second-order valence-corrected chi connectivity index (χ2v) is 6.05. The summed E-state index contributed by atoms with van der Waals surface area (Å²) < 4.78 is 6.19. The Hall–Kier alpha value is -0.580. The van der Waals surface area contributed by atoms with Crippen LogP contribution in [0, 0.1) is 0 Å². The first-order valence-corrected chi connectivity index (χ1v) is 8.10. The van der Waals surface area contributed by atoms with E-state index in [9.17, 15) is 0 Å². The largest absolute Gasteiger partial charge is 0.383 e. The van der Waals surface area contributed by atoms with Crippen LogP contribution in [0.5, 0.6) is 0 Å². The predicted octanol–water partition coefficient (Wildman–Crippen LogP) is 3.81. The molecule has 0 aliphatic carbocycles. The number of methoxy groups -OCH3 is 1. The Bertz CT molecular complexity index is 398. The van der Waals surface area contributed by atoms with E-state index < -0.39 is 0 Å². The molecular weight excluding hydrogens is 316 g/mol. The summed E-state index contributed by atoms with van der Waals surface area (Å²) in [6, 6.07) is 7.16. The first-order valence-electron chi connectivity index (χ1n) is 7.31. The van der Waals surface area contributed by atoms with Crippen molar-refractivity contribution in [2.45, 2.75) is 39.3 Å². The maximum atomic E-state index is 5.03. The van der Waals surface area contributed by atoms with E-state index in [0.29, 0.717) is 6.04 Å². The molecule has 0 bridgehead atoms. The first kappa shape index (κ1) is 17.5. The quantitative estimate of drug-likeness (QED) is 0.690. The van der Waals surface area contributed by atoms with Gasteiger partial charge in [0.2, 0.25) is 0 Å². The zero-order chi connectivity index (χ0) is 15.0. The molecule has 114 valence electrons. The lowest BCUT2D eigenvalue weighted by atomic mass is 10.1. The van der Waals surface area contributed by atoms with E-state index in [4.69, 9.17) is 4.74 Å². The second kappa shape index (κ2) is 9.37. The Kier molecular flexibility index (Phi) is 8.19. The molecule has 1 aromatic carbocycles. The Morgan fingerprint density at radius 2 is 2.15 bits per heavy atom. The van der Waals surface area contributed by atoms with E-state index in [1.807, 2.05) is 0 Å². The lowest BCUT2D eigenvalue weighted by molar-refractivity contribution is 0.199. The van der Waals surface area contributed by atoms with E-state index in [1.54, 1.807) is 7.11 Å². The van der Waals surface area contributed by atoms with Gasteiger partial charge >= 0.3 is 0 Å². The van der Waals surface area contributed by atoms with Crippen molar-refractivity contribution in [1.82, 2.24) is 5.32 Å². The number of benzene rings is 1. The Morgan fingerprint density at radius 3 is 2.75 bits per heavy atom. The summed E-state index contributed by atoms with van der Waals surface area (Å²) in [6.45, 7) is 6.98. The van der Waals surface area contributed by atoms with Crippen molar-refractivity contribution in [1.29, 1.82) is 0 Å². The molecule has 0 aromatic heterocycles. The normalized spacial score (nSPS) is 12.4. The lowest BCUT2D eigenvalue weighted by Gasteiger charge is -2.27. The van der Waals surface area contributed by atoms with Crippen molar-refractivity contribution in [3.63, 3.8) is 0 Å². The van der Waals surface area contributed by atoms with E-state index in [1.165, 1.54) is 24.1 Å². The van der Waals surface area contributed by atoms with Crippen LogP contribution in [0.2, 0.25) is 0 Å². The summed E-state index contributed by atoms with van der Waals surface area (Å²) in [6.07, 6.45) is 2.43. The summed E-state index contributed by atoms with van der Waals surface area (Å²) in [4.78, 5) is 2.34. The van der Waals surface area contributed by atoms with Gasteiger partial charge < -0.3 is 15.0 Å². The van der Waals surface area contributed by atoms with Crippen LogP contribution in [-0.2, 0) is 11.3 Å². The molecule has 1 atom stereocenters. The van der Waals surface area contributed by atoms with Crippen LogP contribution in [0.1, 0.15) is 32.3 Å². The van der Waals surface area contributed by atoms with Gasteiger partial charge in [-0.1, -0.05) is 35.3 Å². The third-order valence-electron chi connectivity index (χ3n) is 3.61. The average molecular weight is 343 g/mol. The van der Waals surface area contributed by atoms with Crippen LogP contribution in [0.3, 0.4) is 0 Å². The number of nitrogens with zero attached hydrogens (tertiary/aromatic N) is 1. The molecule has 0 spiro atoms. The zero-order valence-corrected chi connectivity index (χ0v) is 14.7. The van der Waals surface area contributed by atoms with Crippen molar-refractivity contribution >= 4 is 21.6 Å². The first-order chi connectivity index (χ1) is 9.60. The zero-order valence-electron chi connectivity index (χ0n) is 13.1. The third kappa shape index (κ3) is 5.43. The molecule has 0 heterocycles. The number of nitrogens with one attached hydrogen (secondary N) is 1. The van der Waals surface area contributed by atoms with Crippen LogP contribution in [0.15, 0.2) is 22.7 Å². The summed E-state index contributed by atoms with van der Waals surface area (Å²) in [5, 5.41) is 3.37. The van der Waals surface area contributed by atoms with E-state index >= 15 is 0 Å². The van der Waals surface area contributed by atoms with Gasteiger partial charge in [-0.05, 0) is 31.0 Å². The maximum absolute atomic E-state index is 5.03. The van der Waals surface area contributed by atoms with Crippen molar-refractivity contribution < 1.29 is 4.74 Å². The fraction of sp³-hybridized carbons (Fsp3) is 0.625. The van der Waals surface area contributed by atoms with Gasteiger partial charge in [-0.2, -0.15) is 0 Å². The number of rotatable bonds is 9. The fourth-order valence-corrected chi connectivity index (χ4v) is 2.67.